The van der Waals surface area contributed by atoms with Crippen molar-refractivity contribution in [3.63, 3.8) is 0 Å². The van der Waals surface area contributed by atoms with Crippen molar-refractivity contribution in [3.05, 3.63) is 0 Å². The molecule has 2 atom stereocenters. The minimum atomic E-state index is -0.778. The lowest BCUT2D eigenvalue weighted by atomic mass is 9.63. The van der Waals surface area contributed by atoms with Crippen LogP contribution in [0, 0.1) is 16.7 Å². The maximum Gasteiger partial charge on any atom is 0.332 e. The summed E-state index contributed by atoms with van der Waals surface area (Å²) in [6.45, 7) is 7.64. The first-order valence-corrected chi connectivity index (χ1v) is 5.96. The molecule has 1 aliphatic rings. The highest BCUT2D eigenvalue weighted by Crippen LogP contribution is 2.56. The van der Waals surface area contributed by atoms with Crippen LogP contribution in [-0.4, -0.2) is 22.8 Å². The zero-order valence-corrected chi connectivity index (χ0v) is 11.3. The number of amides is 2. The number of nitrogens with zero attached hydrogens (tertiary/aromatic N) is 1. The van der Waals surface area contributed by atoms with Crippen molar-refractivity contribution >= 4 is 17.7 Å². The minimum absolute atomic E-state index is 0.363. The Hall–Kier alpha value is -1.59. The van der Waals surface area contributed by atoms with Crippen LogP contribution in [0.25, 0.3) is 0 Å². The number of primary amides is 1. The van der Waals surface area contributed by atoms with E-state index in [1.807, 2.05) is 20.8 Å². The summed E-state index contributed by atoms with van der Waals surface area (Å²) in [5, 5.41) is 13.2. The lowest BCUT2D eigenvalue weighted by Crippen LogP contribution is -2.42. The van der Waals surface area contributed by atoms with Crippen molar-refractivity contribution in [2.24, 2.45) is 27.6 Å². The summed E-state index contributed by atoms with van der Waals surface area (Å²) >= 11 is 0. The molecule has 0 radical (unpaired) electrons. The number of aliphatic carboxylic acids is 1. The summed E-state index contributed by atoms with van der Waals surface area (Å²) in [6, 6.07) is -0.719. The number of nitrogens with two attached hydrogens (primary N) is 1. The van der Waals surface area contributed by atoms with Gasteiger partial charge in [0.1, 0.15) is 0 Å². The van der Waals surface area contributed by atoms with Crippen LogP contribution in [-0.2, 0) is 4.79 Å². The van der Waals surface area contributed by atoms with Crippen molar-refractivity contribution in [3.8, 4) is 0 Å². The van der Waals surface area contributed by atoms with Crippen molar-refractivity contribution in [1.29, 1.82) is 0 Å². The molecule has 4 N–H and O–H groups in total. The van der Waals surface area contributed by atoms with Gasteiger partial charge in [-0.25, -0.2) is 10.2 Å². The summed E-state index contributed by atoms with van der Waals surface area (Å²) in [6.07, 6.45) is 1.34. The van der Waals surface area contributed by atoms with Crippen molar-refractivity contribution in [2.45, 2.75) is 40.5 Å². The summed E-state index contributed by atoms with van der Waals surface area (Å²) in [4.78, 5) is 21.9. The van der Waals surface area contributed by atoms with Gasteiger partial charge in [-0.1, -0.05) is 20.8 Å². The summed E-state index contributed by atoms with van der Waals surface area (Å²) in [5.41, 5.74) is 7.10. The molecule has 0 aromatic heterocycles. The van der Waals surface area contributed by atoms with Crippen molar-refractivity contribution in [1.82, 2.24) is 5.43 Å². The van der Waals surface area contributed by atoms with E-state index in [1.54, 1.807) is 6.92 Å². The van der Waals surface area contributed by atoms with E-state index in [0.717, 1.165) is 6.42 Å². The molecule has 0 saturated heterocycles. The van der Waals surface area contributed by atoms with E-state index < -0.39 is 23.3 Å². The van der Waals surface area contributed by atoms with E-state index in [1.165, 1.54) is 0 Å². The Bertz CT molecular complexity index is 403. The normalized spacial score (nSPS) is 31.1. The van der Waals surface area contributed by atoms with Gasteiger partial charge in [0.15, 0.2) is 0 Å². The second-order valence-corrected chi connectivity index (χ2v) is 5.66. The molecule has 1 aliphatic carbocycles. The number of carboxylic acids is 1. The summed E-state index contributed by atoms with van der Waals surface area (Å²) in [7, 11) is 0. The number of carbonyl (C=O) groups excluding carboxylic acids is 1. The summed E-state index contributed by atoms with van der Waals surface area (Å²) in [5.74, 6) is -1.18. The van der Waals surface area contributed by atoms with Crippen LogP contribution >= 0.6 is 0 Å². The molecule has 0 aromatic carbocycles. The number of hydrogen-bond donors (Lipinski definition) is 3. The highest BCUT2D eigenvalue weighted by molar-refractivity contribution is 5.91. The highest BCUT2D eigenvalue weighted by Gasteiger charge is 2.55. The van der Waals surface area contributed by atoms with E-state index in [4.69, 9.17) is 5.73 Å². The molecule has 0 bridgehead atoms. The van der Waals surface area contributed by atoms with Gasteiger partial charge in [-0.05, 0) is 25.2 Å². The second kappa shape index (κ2) is 4.59. The number of carboxylic acid groups (broad SMARTS) is 1. The van der Waals surface area contributed by atoms with Crippen LogP contribution < -0.4 is 11.2 Å². The van der Waals surface area contributed by atoms with Gasteiger partial charge in [0.25, 0.3) is 0 Å². The van der Waals surface area contributed by atoms with Crippen LogP contribution in [0.2, 0.25) is 0 Å². The van der Waals surface area contributed by atoms with Crippen LogP contribution in [0.5, 0.6) is 0 Å². The monoisotopic (exact) mass is 255 g/mol. The molecule has 18 heavy (non-hydrogen) atoms. The first-order valence-electron chi connectivity index (χ1n) is 5.96. The summed E-state index contributed by atoms with van der Waals surface area (Å²) < 4.78 is 0. The third-order valence-electron chi connectivity index (χ3n) is 4.66. The fraction of sp³-hybridized carbons (Fsp3) is 0.750. The van der Waals surface area contributed by atoms with E-state index in [0.29, 0.717) is 12.1 Å². The van der Waals surface area contributed by atoms with Gasteiger partial charge >= 0.3 is 12.0 Å². The molecule has 1 rings (SSSR count). The Labute approximate surface area is 107 Å². The zero-order valence-electron chi connectivity index (χ0n) is 11.3. The fourth-order valence-electron chi connectivity index (χ4n) is 2.84. The number of nitrogens with one attached hydrogen (secondary N) is 1. The van der Waals surface area contributed by atoms with Gasteiger partial charge in [-0.2, -0.15) is 5.10 Å². The minimum Gasteiger partial charge on any atom is -0.481 e. The molecule has 0 aliphatic heterocycles. The molecule has 1 saturated carbocycles. The zero-order chi connectivity index (χ0) is 14.1. The number of hydrogen-bond acceptors (Lipinski definition) is 3. The quantitative estimate of drug-likeness (QED) is 0.526. The lowest BCUT2D eigenvalue weighted by molar-refractivity contribution is -0.145. The standard InChI is InChI=1S/C12H21N3O3/c1-7(14-15-10(13)18)12(4)6-5-8(9(16)17)11(12,2)3/h8H,5-6H2,1-4H3,(H,16,17)(H3,13,15,18)/b14-7-/t8-,12-/m1/s1. The predicted octanol–water partition coefficient (Wildman–Crippen LogP) is 1.56. The first-order chi connectivity index (χ1) is 8.13. The van der Waals surface area contributed by atoms with E-state index in [9.17, 15) is 14.7 Å². The molecule has 6 nitrogen and oxygen atoms in total. The molecule has 2 amide bonds. The van der Waals surface area contributed by atoms with Gasteiger partial charge in [-0.3, -0.25) is 4.79 Å². The van der Waals surface area contributed by atoms with Gasteiger partial charge < -0.3 is 10.8 Å². The Balaban J connectivity index is 3.04. The largest absolute Gasteiger partial charge is 0.481 e. The maximum absolute atomic E-state index is 11.3. The topological polar surface area (TPSA) is 105 Å². The van der Waals surface area contributed by atoms with Crippen molar-refractivity contribution in [2.75, 3.05) is 0 Å². The molecule has 0 spiro atoms. The average molecular weight is 255 g/mol. The maximum atomic E-state index is 11.3. The molecule has 6 heteroatoms. The molecule has 0 aromatic rings. The van der Waals surface area contributed by atoms with Crippen molar-refractivity contribution < 1.29 is 14.7 Å². The number of hydrazone groups is 1. The van der Waals surface area contributed by atoms with Crippen LogP contribution in [0.15, 0.2) is 5.10 Å². The first kappa shape index (κ1) is 14.5. The molecule has 102 valence electrons. The fourth-order valence-corrected chi connectivity index (χ4v) is 2.84. The van der Waals surface area contributed by atoms with Crippen LogP contribution in [0.1, 0.15) is 40.5 Å². The van der Waals surface area contributed by atoms with Gasteiger partial charge in [-0.15, -0.1) is 0 Å². The Morgan fingerprint density at radius 3 is 2.33 bits per heavy atom. The highest BCUT2D eigenvalue weighted by atomic mass is 16.4. The lowest BCUT2D eigenvalue weighted by Gasteiger charge is -2.40. The second-order valence-electron chi connectivity index (χ2n) is 5.66. The van der Waals surface area contributed by atoms with E-state index in [2.05, 4.69) is 10.5 Å². The molecular formula is C12H21N3O3. The van der Waals surface area contributed by atoms with Crippen LogP contribution in [0.4, 0.5) is 4.79 Å². The molecule has 0 heterocycles. The number of rotatable bonds is 3. The molecule has 0 unspecified atom stereocenters. The average Bonchev–Trinajstić information content (AvgIpc) is 2.47. The molecule has 1 fully saturated rings. The van der Waals surface area contributed by atoms with E-state index >= 15 is 0 Å². The Kier molecular flexibility index (Phi) is 3.69. The SMILES string of the molecule is C/C(=N/NC(N)=O)[C@@]1(C)CC[C@H](C(=O)O)C1(C)C. The van der Waals surface area contributed by atoms with Gasteiger partial charge in [0, 0.05) is 11.1 Å². The smallest absolute Gasteiger partial charge is 0.332 e. The number of carbonyl (C=O) groups is 2. The predicted molar refractivity (Wildman–Crippen MR) is 68.1 cm³/mol. The van der Waals surface area contributed by atoms with E-state index in [-0.39, 0.29) is 5.41 Å². The third kappa shape index (κ3) is 2.19. The molecular weight excluding hydrogens is 234 g/mol. The Morgan fingerprint density at radius 1 is 1.39 bits per heavy atom. The van der Waals surface area contributed by atoms with Crippen LogP contribution in [0.3, 0.4) is 0 Å². The Morgan fingerprint density at radius 2 is 1.94 bits per heavy atom. The number of urea groups is 1. The third-order valence-corrected chi connectivity index (χ3v) is 4.66. The van der Waals surface area contributed by atoms with Gasteiger partial charge in [0.2, 0.25) is 0 Å². The van der Waals surface area contributed by atoms with Gasteiger partial charge in [0.05, 0.1) is 5.92 Å².